The fourth-order valence-electron chi connectivity index (χ4n) is 3.04. The Morgan fingerprint density at radius 3 is 2.48 bits per heavy atom. The van der Waals surface area contributed by atoms with Crippen LogP contribution in [0.1, 0.15) is 43.4 Å². The van der Waals surface area contributed by atoms with Gasteiger partial charge in [0.2, 0.25) is 10.0 Å². The number of hydrogen-bond donors (Lipinski definition) is 1. The van der Waals surface area contributed by atoms with Crippen molar-refractivity contribution in [1.29, 1.82) is 0 Å². The molecule has 0 radical (unpaired) electrons. The molecular formula is C16H25NO3S. The van der Waals surface area contributed by atoms with Gasteiger partial charge in [0.05, 0.1) is 11.5 Å². The zero-order chi connectivity index (χ0) is 15.8. The van der Waals surface area contributed by atoms with Crippen LogP contribution in [0.3, 0.4) is 0 Å². The smallest absolute Gasteiger partial charge is 0.243 e. The Bertz CT molecular complexity index is 635. The summed E-state index contributed by atoms with van der Waals surface area (Å²) in [6, 6.07) is 3.47. The van der Waals surface area contributed by atoms with Crippen LogP contribution in [0.2, 0.25) is 0 Å². The summed E-state index contributed by atoms with van der Waals surface area (Å²) in [7, 11) is -3.49. The summed E-state index contributed by atoms with van der Waals surface area (Å²) in [5.41, 5.74) is 2.36. The highest BCUT2D eigenvalue weighted by molar-refractivity contribution is 7.89. The normalized spacial score (nSPS) is 19.7. The molecule has 1 heterocycles. The van der Waals surface area contributed by atoms with Gasteiger partial charge in [-0.15, -0.1) is 0 Å². The molecule has 0 unspecified atom stereocenters. The molecular weight excluding hydrogens is 286 g/mol. The van der Waals surface area contributed by atoms with Crippen LogP contribution in [0, 0.1) is 19.3 Å². The molecule has 1 aliphatic rings. The number of nitrogens with zero attached hydrogens (tertiary/aromatic N) is 1. The Labute approximate surface area is 127 Å². The summed E-state index contributed by atoms with van der Waals surface area (Å²) < 4.78 is 27.4. The van der Waals surface area contributed by atoms with Crippen molar-refractivity contribution in [2.24, 2.45) is 5.41 Å². The Morgan fingerprint density at radius 2 is 1.90 bits per heavy atom. The van der Waals surface area contributed by atoms with E-state index < -0.39 is 10.0 Å². The first-order chi connectivity index (χ1) is 9.67. The number of benzene rings is 1. The number of sulfonamides is 1. The molecule has 0 aliphatic carbocycles. The summed E-state index contributed by atoms with van der Waals surface area (Å²) in [5.74, 6) is 0. The summed E-state index contributed by atoms with van der Waals surface area (Å²) in [6.45, 7) is 8.91. The van der Waals surface area contributed by atoms with E-state index in [0.717, 1.165) is 24.0 Å². The maximum absolute atomic E-state index is 12.9. The summed E-state index contributed by atoms with van der Waals surface area (Å²) in [5, 5.41) is 9.38. The quantitative estimate of drug-likeness (QED) is 0.933. The van der Waals surface area contributed by atoms with E-state index in [-0.39, 0.29) is 12.0 Å². The van der Waals surface area contributed by atoms with E-state index in [2.05, 4.69) is 13.8 Å². The van der Waals surface area contributed by atoms with Gasteiger partial charge in [-0.25, -0.2) is 8.42 Å². The minimum atomic E-state index is -3.49. The highest BCUT2D eigenvalue weighted by Gasteiger charge is 2.34. The largest absolute Gasteiger partial charge is 0.392 e. The van der Waals surface area contributed by atoms with Crippen molar-refractivity contribution in [2.45, 2.75) is 52.0 Å². The molecule has 0 bridgehead atoms. The number of aryl methyl sites for hydroxylation is 2. The lowest BCUT2D eigenvalue weighted by molar-refractivity contribution is 0.187. The van der Waals surface area contributed by atoms with E-state index >= 15 is 0 Å². The van der Waals surface area contributed by atoms with E-state index in [9.17, 15) is 13.5 Å². The van der Waals surface area contributed by atoms with Crippen molar-refractivity contribution in [3.05, 3.63) is 28.8 Å². The van der Waals surface area contributed by atoms with Gasteiger partial charge in [-0.1, -0.05) is 19.9 Å². The molecule has 1 aromatic carbocycles. The van der Waals surface area contributed by atoms with Gasteiger partial charge in [0.25, 0.3) is 0 Å². The average molecular weight is 311 g/mol. The molecule has 0 amide bonds. The second-order valence-electron chi connectivity index (χ2n) is 6.81. The van der Waals surface area contributed by atoms with Gasteiger partial charge >= 0.3 is 0 Å². The Hall–Kier alpha value is -0.910. The van der Waals surface area contributed by atoms with Crippen LogP contribution in [0.4, 0.5) is 0 Å². The van der Waals surface area contributed by atoms with Crippen LogP contribution < -0.4 is 0 Å². The Balaban J connectivity index is 2.44. The van der Waals surface area contributed by atoms with Gasteiger partial charge in [-0.05, 0) is 54.9 Å². The van der Waals surface area contributed by atoms with Crippen LogP contribution in [-0.2, 0) is 16.6 Å². The van der Waals surface area contributed by atoms with Crippen molar-refractivity contribution < 1.29 is 13.5 Å². The van der Waals surface area contributed by atoms with Crippen molar-refractivity contribution >= 4 is 10.0 Å². The molecule has 4 nitrogen and oxygen atoms in total. The number of hydrogen-bond acceptors (Lipinski definition) is 3. The maximum Gasteiger partial charge on any atom is 0.243 e. The molecule has 1 saturated heterocycles. The van der Waals surface area contributed by atoms with Crippen molar-refractivity contribution in [1.82, 2.24) is 4.31 Å². The fourth-order valence-corrected chi connectivity index (χ4v) is 4.96. The third-order valence-corrected chi connectivity index (χ3v) is 6.27. The third kappa shape index (κ3) is 3.30. The van der Waals surface area contributed by atoms with Crippen LogP contribution in [0.5, 0.6) is 0 Å². The highest BCUT2D eigenvalue weighted by atomic mass is 32.2. The third-order valence-electron chi connectivity index (χ3n) is 4.29. The first-order valence-electron chi connectivity index (χ1n) is 7.38. The van der Waals surface area contributed by atoms with Crippen molar-refractivity contribution in [3.8, 4) is 0 Å². The van der Waals surface area contributed by atoms with Crippen molar-refractivity contribution in [3.63, 3.8) is 0 Å². The van der Waals surface area contributed by atoms with Gasteiger partial charge in [0.15, 0.2) is 0 Å². The molecule has 1 N–H and O–H groups in total. The zero-order valence-corrected chi connectivity index (χ0v) is 14.1. The molecule has 1 aliphatic heterocycles. The second-order valence-corrected chi connectivity index (χ2v) is 8.72. The predicted octanol–water partition coefficient (Wildman–Crippen LogP) is 2.61. The minimum absolute atomic E-state index is 0.0176. The zero-order valence-electron chi connectivity index (χ0n) is 13.3. The van der Waals surface area contributed by atoms with Gasteiger partial charge in [0.1, 0.15) is 0 Å². The van der Waals surface area contributed by atoms with Gasteiger partial charge in [0, 0.05) is 13.1 Å². The monoisotopic (exact) mass is 311 g/mol. The van der Waals surface area contributed by atoms with Crippen LogP contribution >= 0.6 is 0 Å². The number of aliphatic hydroxyl groups is 1. The van der Waals surface area contributed by atoms with Crippen molar-refractivity contribution in [2.75, 3.05) is 13.1 Å². The van der Waals surface area contributed by atoms with E-state index in [1.165, 1.54) is 0 Å². The van der Waals surface area contributed by atoms with Gasteiger partial charge in [-0.2, -0.15) is 4.31 Å². The first kappa shape index (κ1) is 16.5. The van der Waals surface area contributed by atoms with Gasteiger partial charge in [-0.3, -0.25) is 0 Å². The van der Waals surface area contributed by atoms with Crippen LogP contribution in [-0.4, -0.2) is 30.9 Å². The molecule has 0 spiro atoms. The second kappa shape index (κ2) is 5.71. The molecule has 5 heteroatoms. The SMILES string of the molecule is Cc1cc(C)c(S(=O)(=O)N2CCCC(C)(C)C2)cc1CO. The molecule has 21 heavy (non-hydrogen) atoms. The summed E-state index contributed by atoms with van der Waals surface area (Å²) in [6.07, 6.45) is 1.94. The lowest BCUT2D eigenvalue weighted by atomic mass is 9.85. The van der Waals surface area contributed by atoms with E-state index in [1.54, 1.807) is 10.4 Å². The molecule has 0 aromatic heterocycles. The molecule has 0 saturated carbocycles. The fraction of sp³-hybridized carbons (Fsp3) is 0.625. The Morgan fingerprint density at radius 1 is 1.24 bits per heavy atom. The van der Waals surface area contributed by atoms with E-state index in [4.69, 9.17) is 0 Å². The number of piperidine rings is 1. The molecule has 1 aromatic rings. The predicted molar refractivity (Wildman–Crippen MR) is 83.6 cm³/mol. The molecule has 2 rings (SSSR count). The molecule has 0 atom stereocenters. The number of rotatable bonds is 3. The summed E-state index contributed by atoms with van der Waals surface area (Å²) in [4.78, 5) is 0.329. The summed E-state index contributed by atoms with van der Waals surface area (Å²) >= 11 is 0. The Kier molecular flexibility index (Phi) is 4.47. The minimum Gasteiger partial charge on any atom is -0.392 e. The average Bonchev–Trinajstić information content (AvgIpc) is 2.37. The molecule has 1 fully saturated rings. The maximum atomic E-state index is 12.9. The van der Waals surface area contributed by atoms with E-state index in [1.807, 2.05) is 19.9 Å². The van der Waals surface area contributed by atoms with Crippen LogP contribution in [0.25, 0.3) is 0 Å². The highest BCUT2D eigenvalue weighted by Crippen LogP contribution is 2.33. The number of aliphatic hydroxyl groups excluding tert-OH is 1. The topological polar surface area (TPSA) is 57.6 Å². The molecule has 118 valence electrons. The lowest BCUT2D eigenvalue weighted by Gasteiger charge is -2.37. The van der Waals surface area contributed by atoms with E-state index in [0.29, 0.717) is 23.5 Å². The van der Waals surface area contributed by atoms with Crippen LogP contribution in [0.15, 0.2) is 17.0 Å². The lowest BCUT2D eigenvalue weighted by Crippen LogP contribution is -2.43. The standard InChI is InChI=1S/C16H25NO3S/c1-12-8-13(2)15(9-14(12)10-18)21(19,20)17-7-5-6-16(3,4)11-17/h8-9,18H,5-7,10-11H2,1-4H3. The van der Waals surface area contributed by atoms with Gasteiger partial charge < -0.3 is 5.11 Å². The first-order valence-corrected chi connectivity index (χ1v) is 8.82.